The van der Waals surface area contributed by atoms with E-state index in [9.17, 15) is 14.9 Å². The standard InChI is InChI=1S/C13H17N3O4/c1-9-11(3-2-4-12(9)16(18)19)15-13(17)7-10-8-20-6-5-14-10/h2-4,10,14H,5-8H2,1H3,(H,15,17). The Morgan fingerprint density at radius 2 is 2.40 bits per heavy atom. The molecular formula is C13H17N3O4. The summed E-state index contributed by atoms with van der Waals surface area (Å²) >= 11 is 0. The molecule has 1 amide bonds. The highest BCUT2D eigenvalue weighted by molar-refractivity contribution is 5.92. The van der Waals surface area contributed by atoms with E-state index in [-0.39, 0.29) is 24.1 Å². The van der Waals surface area contributed by atoms with Crippen LogP contribution in [-0.2, 0) is 9.53 Å². The van der Waals surface area contributed by atoms with Crippen molar-refractivity contribution in [2.24, 2.45) is 0 Å². The minimum absolute atomic E-state index is 0.00178. The van der Waals surface area contributed by atoms with E-state index in [4.69, 9.17) is 4.74 Å². The molecule has 1 saturated heterocycles. The number of carbonyl (C=O) groups is 1. The highest BCUT2D eigenvalue weighted by Crippen LogP contribution is 2.25. The number of carbonyl (C=O) groups excluding carboxylic acids is 1. The molecular weight excluding hydrogens is 262 g/mol. The van der Waals surface area contributed by atoms with Crippen molar-refractivity contribution in [3.63, 3.8) is 0 Å². The summed E-state index contributed by atoms with van der Waals surface area (Å²) in [5, 5.41) is 16.7. The van der Waals surface area contributed by atoms with Gasteiger partial charge in [0, 0.05) is 25.1 Å². The van der Waals surface area contributed by atoms with Gasteiger partial charge in [-0.3, -0.25) is 14.9 Å². The molecule has 0 bridgehead atoms. The summed E-state index contributed by atoms with van der Waals surface area (Å²) in [4.78, 5) is 22.3. The normalized spacial score (nSPS) is 18.6. The molecule has 0 spiro atoms. The predicted molar refractivity (Wildman–Crippen MR) is 73.7 cm³/mol. The average Bonchev–Trinajstić information content (AvgIpc) is 2.42. The van der Waals surface area contributed by atoms with Gasteiger partial charge in [-0.25, -0.2) is 0 Å². The van der Waals surface area contributed by atoms with Crippen LogP contribution in [0.5, 0.6) is 0 Å². The van der Waals surface area contributed by atoms with Crippen LogP contribution in [0.15, 0.2) is 18.2 Å². The molecule has 1 aliphatic heterocycles. The van der Waals surface area contributed by atoms with Gasteiger partial charge in [-0.1, -0.05) is 6.07 Å². The molecule has 0 radical (unpaired) electrons. The Morgan fingerprint density at radius 3 is 3.05 bits per heavy atom. The molecule has 1 aromatic carbocycles. The van der Waals surface area contributed by atoms with Crippen LogP contribution in [-0.4, -0.2) is 36.6 Å². The fraction of sp³-hybridized carbons (Fsp3) is 0.462. The molecule has 1 aliphatic rings. The smallest absolute Gasteiger partial charge is 0.274 e. The number of nitrogens with one attached hydrogen (secondary N) is 2. The molecule has 1 heterocycles. The molecule has 1 atom stereocenters. The van der Waals surface area contributed by atoms with Gasteiger partial charge in [0.05, 0.1) is 29.4 Å². The minimum atomic E-state index is -0.457. The van der Waals surface area contributed by atoms with Crippen LogP contribution in [0, 0.1) is 17.0 Å². The fourth-order valence-electron chi connectivity index (χ4n) is 2.13. The van der Waals surface area contributed by atoms with Gasteiger partial charge in [0.15, 0.2) is 0 Å². The van der Waals surface area contributed by atoms with Gasteiger partial charge in [-0.2, -0.15) is 0 Å². The first kappa shape index (κ1) is 14.4. The maximum absolute atomic E-state index is 11.9. The lowest BCUT2D eigenvalue weighted by Crippen LogP contribution is -2.43. The van der Waals surface area contributed by atoms with Crippen LogP contribution in [0.3, 0.4) is 0 Å². The largest absolute Gasteiger partial charge is 0.378 e. The Balaban J connectivity index is 2.00. The number of amides is 1. The van der Waals surface area contributed by atoms with Gasteiger partial charge in [0.1, 0.15) is 0 Å². The Morgan fingerprint density at radius 1 is 1.60 bits per heavy atom. The SMILES string of the molecule is Cc1c(NC(=O)CC2COCCN2)cccc1[N+](=O)[O-]. The van der Waals surface area contributed by atoms with Crippen LogP contribution >= 0.6 is 0 Å². The van der Waals surface area contributed by atoms with Crippen molar-refractivity contribution < 1.29 is 14.5 Å². The van der Waals surface area contributed by atoms with E-state index in [1.165, 1.54) is 6.07 Å². The molecule has 0 aromatic heterocycles. The van der Waals surface area contributed by atoms with Gasteiger partial charge in [-0.05, 0) is 13.0 Å². The molecule has 108 valence electrons. The summed E-state index contributed by atoms with van der Waals surface area (Å²) in [6.07, 6.45) is 0.280. The van der Waals surface area contributed by atoms with E-state index in [2.05, 4.69) is 10.6 Å². The van der Waals surface area contributed by atoms with Gasteiger partial charge >= 0.3 is 0 Å². The lowest BCUT2D eigenvalue weighted by molar-refractivity contribution is -0.385. The number of rotatable bonds is 4. The third-order valence-corrected chi connectivity index (χ3v) is 3.21. The second-order valence-electron chi connectivity index (χ2n) is 4.69. The molecule has 2 N–H and O–H groups in total. The summed E-state index contributed by atoms with van der Waals surface area (Å²) in [6, 6.07) is 4.62. The van der Waals surface area contributed by atoms with Crippen LogP contribution in [0.25, 0.3) is 0 Å². The third kappa shape index (κ3) is 3.52. The molecule has 1 fully saturated rings. The van der Waals surface area contributed by atoms with E-state index in [1.54, 1.807) is 19.1 Å². The van der Waals surface area contributed by atoms with E-state index in [1.807, 2.05) is 0 Å². The molecule has 20 heavy (non-hydrogen) atoms. The molecule has 0 aliphatic carbocycles. The number of hydrogen-bond donors (Lipinski definition) is 2. The quantitative estimate of drug-likeness (QED) is 0.638. The summed E-state index contributed by atoms with van der Waals surface area (Å²) in [5.74, 6) is -0.184. The van der Waals surface area contributed by atoms with E-state index >= 15 is 0 Å². The van der Waals surface area contributed by atoms with Crippen LogP contribution in [0.2, 0.25) is 0 Å². The molecule has 0 saturated carbocycles. The van der Waals surface area contributed by atoms with Crippen molar-refractivity contribution in [2.45, 2.75) is 19.4 Å². The number of ether oxygens (including phenoxy) is 1. The topological polar surface area (TPSA) is 93.5 Å². The van der Waals surface area contributed by atoms with Crippen LogP contribution in [0.1, 0.15) is 12.0 Å². The van der Waals surface area contributed by atoms with Crippen molar-refractivity contribution >= 4 is 17.3 Å². The number of anilines is 1. The number of benzene rings is 1. The third-order valence-electron chi connectivity index (χ3n) is 3.21. The highest BCUT2D eigenvalue weighted by atomic mass is 16.6. The second kappa shape index (κ2) is 6.44. The molecule has 1 aromatic rings. The van der Waals surface area contributed by atoms with Crippen molar-refractivity contribution in [3.05, 3.63) is 33.9 Å². The van der Waals surface area contributed by atoms with E-state index in [0.717, 1.165) is 6.54 Å². The first-order chi connectivity index (χ1) is 9.58. The fourth-order valence-corrected chi connectivity index (χ4v) is 2.13. The number of hydrogen-bond acceptors (Lipinski definition) is 5. The number of nitrogens with zero attached hydrogens (tertiary/aromatic N) is 1. The summed E-state index contributed by atoms with van der Waals surface area (Å²) < 4.78 is 5.28. The van der Waals surface area contributed by atoms with Crippen molar-refractivity contribution in [1.29, 1.82) is 0 Å². The Hall–Kier alpha value is -1.99. The lowest BCUT2D eigenvalue weighted by Gasteiger charge is -2.23. The predicted octanol–water partition coefficient (Wildman–Crippen LogP) is 1.22. The van der Waals surface area contributed by atoms with Crippen molar-refractivity contribution in [1.82, 2.24) is 5.32 Å². The maximum Gasteiger partial charge on any atom is 0.274 e. The van der Waals surface area contributed by atoms with Crippen LogP contribution < -0.4 is 10.6 Å². The second-order valence-corrected chi connectivity index (χ2v) is 4.69. The van der Waals surface area contributed by atoms with Gasteiger partial charge in [0.25, 0.3) is 5.69 Å². The van der Waals surface area contributed by atoms with E-state index < -0.39 is 4.92 Å². The Kier molecular flexibility index (Phi) is 4.65. The zero-order chi connectivity index (χ0) is 14.5. The van der Waals surface area contributed by atoms with Crippen molar-refractivity contribution in [2.75, 3.05) is 25.1 Å². The van der Waals surface area contributed by atoms with Gasteiger partial charge < -0.3 is 15.4 Å². The van der Waals surface area contributed by atoms with Gasteiger partial charge in [0.2, 0.25) is 5.91 Å². The monoisotopic (exact) mass is 279 g/mol. The highest BCUT2D eigenvalue weighted by Gasteiger charge is 2.19. The first-order valence-corrected chi connectivity index (χ1v) is 6.43. The number of nitro benzene ring substituents is 1. The molecule has 1 unspecified atom stereocenters. The van der Waals surface area contributed by atoms with Crippen molar-refractivity contribution in [3.8, 4) is 0 Å². The molecule has 7 nitrogen and oxygen atoms in total. The number of morpholine rings is 1. The Bertz CT molecular complexity index is 512. The lowest BCUT2D eigenvalue weighted by atomic mass is 10.1. The zero-order valence-corrected chi connectivity index (χ0v) is 11.2. The number of nitro groups is 1. The molecule has 2 rings (SSSR count). The minimum Gasteiger partial charge on any atom is -0.378 e. The van der Waals surface area contributed by atoms with Gasteiger partial charge in [-0.15, -0.1) is 0 Å². The average molecular weight is 279 g/mol. The summed E-state index contributed by atoms with van der Waals surface area (Å²) in [6.45, 7) is 3.51. The summed E-state index contributed by atoms with van der Waals surface area (Å²) in [7, 11) is 0. The van der Waals surface area contributed by atoms with Crippen LogP contribution in [0.4, 0.5) is 11.4 Å². The Labute approximate surface area is 116 Å². The maximum atomic E-state index is 11.9. The summed E-state index contributed by atoms with van der Waals surface area (Å²) in [5.41, 5.74) is 0.932. The molecule has 7 heteroatoms. The first-order valence-electron chi connectivity index (χ1n) is 6.43. The van der Waals surface area contributed by atoms with E-state index in [0.29, 0.717) is 24.5 Å². The zero-order valence-electron chi connectivity index (χ0n) is 11.2.